The fraction of sp³-hybridized carbons (Fsp3) is 0.270. The number of nitrogens with zero attached hydrogens (tertiary/aromatic N) is 2. The molecule has 0 N–H and O–H groups in total. The predicted molar refractivity (Wildman–Crippen MR) is 338 cm³/mol. The van der Waals surface area contributed by atoms with Gasteiger partial charge < -0.3 is 9.80 Å². The third-order valence-corrected chi connectivity index (χ3v) is 17.4. The van der Waals surface area contributed by atoms with E-state index in [9.17, 15) is 0 Å². The molecule has 0 amide bonds. The number of rotatable bonds is 3. The van der Waals surface area contributed by atoms with Gasteiger partial charge in [0, 0.05) is 34.1 Å². The van der Waals surface area contributed by atoms with Crippen molar-refractivity contribution in [3.05, 3.63) is 198 Å². The van der Waals surface area contributed by atoms with E-state index in [4.69, 9.17) is 0 Å². The second kappa shape index (κ2) is 16.6. The van der Waals surface area contributed by atoms with Gasteiger partial charge >= 0.3 is 0 Å². The SMILES string of the molecule is CC(C)(C)c1cc(N2c3cc4ccccc4cc3B3c4cc5ccccc5cc4N(c4cc(C(C)(C)C)cc(C(C)(C)C)c4)c4cc(-c5ccc6ccc7cc(C(C)(C)C)cc8ccc5c6c78)cc2c43)cc(C(C)(C)C)c1. The third kappa shape index (κ3) is 7.97. The van der Waals surface area contributed by atoms with Crippen LogP contribution in [0.25, 0.3) is 65.0 Å². The minimum Gasteiger partial charge on any atom is -0.311 e. The lowest BCUT2D eigenvalue weighted by Gasteiger charge is -2.45. The number of benzene rings is 11. The molecule has 0 saturated carbocycles. The number of hydrogen-bond acceptors (Lipinski definition) is 2. The first-order chi connectivity index (χ1) is 36.3. The summed E-state index contributed by atoms with van der Waals surface area (Å²) in [5, 5.41) is 12.8. The topological polar surface area (TPSA) is 6.48 Å². The molecule has 11 aromatic carbocycles. The van der Waals surface area contributed by atoms with Crippen LogP contribution in [0.4, 0.5) is 34.1 Å². The van der Waals surface area contributed by atoms with Crippen LogP contribution >= 0.6 is 0 Å². The van der Waals surface area contributed by atoms with Crippen LogP contribution in [0.3, 0.4) is 0 Å². The highest BCUT2D eigenvalue weighted by atomic mass is 15.2. The van der Waals surface area contributed by atoms with Crippen LogP contribution in [-0.4, -0.2) is 6.71 Å². The first-order valence-electron chi connectivity index (χ1n) is 28.2. The van der Waals surface area contributed by atoms with Crippen LogP contribution in [-0.2, 0) is 27.1 Å². The maximum atomic E-state index is 2.67. The van der Waals surface area contributed by atoms with Crippen molar-refractivity contribution in [1.29, 1.82) is 0 Å². The molecule has 0 radical (unpaired) electrons. The van der Waals surface area contributed by atoms with Crippen molar-refractivity contribution in [1.82, 2.24) is 0 Å². The molecule has 11 aromatic rings. The van der Waals surface area contributed by atoms with Crippen LogP contribution in [0, 0.1) is 0 Å². The zero-order chi connectivity index (χ0) is 54.0. The Morgan fingerprint density at radius 3 is 1.08 bits per heavy atom. The van der Waals surface area contributed by atoms with E-state index in [2.05, 4.69) is 284 Å². The van der Waals surface area contributed by atoms with Gasteiger partial charge in [-0.3, -0.25) is 0 Å². The summed E-state index contributed by atoms with van der Waals surface area (Å²) < 4.78 is 0. The minimum atomic E-state index is -0.0865. The summed E-state index contributed by atoms with van der Waals surface area (Å²) in [6.45, 7) is 35.3. The molecule has 2 aliphatic heterocycles. The average molecular weight is 1000 g/mol. The Hall–Kier alpha value is -7.36. The monoisotopic (exact) mass is 1000 g/mol. The fourth-order valence-corrected chi connectivity index (χ4v) is 12.8. The highest BCUT2D eigenvalue weighted by Crippen LogP contribution is 2.51. The minimum absolute atomic E-state index is 0.0334. The van der Waals surface area contributed by atoms with Gasteiger partial charge in [-0.2, -0.15) is 0 Å². The summed E-state index contributed by atoms with van der Waals surface area (Å²) in [4.78, 5) is 5.34. The molecule has 77 heavy (non-hydrogen) atoms. The number of anilines is 6. The first-order valence-corrected chi connectivity index (χ1v) is 28.2. The summed E-state index contributed by atoms with van der Waals surface area (Å²) in [7, 11) is 0. The quantitative estimate of drug-likeness (QED) is 0.129. The Kier molecular flexibility index (Phi) is 10.6. The molecule has 0 unspecified atom stereocenters. The molecular weight excluding hydrogens is 928 g/mol. The maximum absolute atomic E-state index is 2.67. The first kappa shape index (κ1) is 49.2. The lowest BCUT2D eigenvalue weighted by atomic mass is 9.33. The van der Waals surface area contributed by atoms with Crippen LogP contribution < -0.4 is 26.2 Å². The molecule has 3 heteroatoms. The zero-order valence-electron chi connectivity index (χ0n) is 48.1. The summed E-state index contributed by atoms with van der Waals surface area (Å²) >= 11 is 0. The van der Waals surface area contributed by atoms with Crippen molar-refractivity contribution in [2.24, 2.45) is 0 Å². The second-order valence-corrected chi connectivity index (χ2v) is 28.0. The number of hydrogen-bond donors (Lipinski definition) is 0. The van der Waals surface area contributed by atoms with Gasteiger partial charge in [0.25, 0.3) is 6.71 Å². The Balaban J connectivity index is 1.21. The summed E-state index contributed by atoms with van der Waals surface area (Å²) in [6, 6.07) is 67.3. The van der Waals surface area contributed by atoms with Gasteiger partial charge in [-0.15, -0.1) is 0 Å². The smallest absolute Gasteiger partial charge is 0.252 e. The van der Waals surface area contributed by atoms with Crippen molar-refractivity contribution in [3.63, 3.8) is 0 Å². The van der Waals surface area contributed by atoms with E-state index in [-0.39, 0.29) is 33.8 Å². The van der Waals surface area contributed by atoms with Crippen LogP contribution in [0.2, 0.25) is 0 Å². The molecule has 0 fully saturated rings. The van der Waals surface area contributed by atoms with Gasteiger partial charge in [-0.25, -0.2) is 0 Å². The van der Waals surface area contributed by atoms with E-state index < -0.39 is 0 Å². The van der Waals surface area contributed by atoms with Gasteiger partial charge in [0.15, 0.2) is 0 Å². The van der Waals surface area contributed by atoms with Crippen molar-refractivity contribution < 1.29 is 0 Å². The molecule has 382 valence electrons. The lowest BCUT2D eigenvalue weighted by Crippen LogP contribution is -2.61. The average Bonchev–Trinajstić information content (AvgIpc) is 3.57. The van der Waals surface area contributed by atoms with E-state index in [1.807, 2.05) is 0 Å². The molecule has 0 spiro atoms. The Labute approximate surface area is 458 Å². The molecule has 0 aromatic heterocycles. The molecule has 0 bridgehead atoms. The molecule has 13 rings (SSSR count). The van der Waals surface area contributed by atoms with Crippen LogP contribution in [0.15, 0.2) is 170 Å². The van der Waals surface area contributed by atoms with E-state index in [1.54, 1.807) is 0 Å². The zero-order valence-corrected chi connectivity index (χ0v) is 48.1. The fourth-order valence-electron chi connectivity index (χ4n) is 12.8. The molecule has 0 atom stereocenters. The molecule has 2 heterocycles. The Morgan fingerprint density at radius 1 is 0.299 bits per heavy atom. The van der Waals surface area contributed by atoms with Crippen LogP contribution in [0.1, 0.15) is 132 Å². The maximum Gasteiger partial charge on any atom is 0.252 e. The van der Waals surface area contributed by atoms with E-state index in [0.717, 1.165) is 0 Å². The summed E-state index contributed by atoms with van der Waals surface area (Å²) in [5.74, 6) is 0. The highest BCUT2D eigenvalue weighted by molar-refractivity contribution is 7.00. The standard InChI is InChI=1S/C74H73BN2/c1-70(2,3)52-30-49-25-24-44-26-28-59(60-29-27-50(31-52)67(49)68(44)60)51-36-65-69-66(37-51)77(58-42-55(73(10,11)12)39-56(43-58)74(13,14)15)64-35-48-23-19-17-21-46(48)33-62(64)75(69)61-32-45-20-16-18-22-47(45)34-63(61)76(65)57-40-53(71(4,5)6)38-54(41-57)72(7,8)9/h16-43H,1-15H3. The van der Waals surface area contributed by atoms with E-state index >= 15 is 0 Å². The van der Waals surface area contributed by atoms with Gasteiger partial charge in [0.05, 0.1) is 0 Å². The second-order valence-electron chi connectivity index (χ2n) is 28.0. The van der Waals surface area contributed by atoms with Gasteiger partial charge in [0.1, 0.15) is 0 Å². The third-order valence-electron chi connectivity index (χ3n) is 17.4. The highest BCUT2D eigenvalue weighted by Gasteiger charge is 2.45. The molecule has 2 nitrogen and oxygen atoms in total. The predicted octanol–water partition coefficient (Wildman–Crippen LogP) is 19.1. The van der Waals surface area contributed by atoms with Gasteiger partial charge in [-0.05, 0) is 185 Å². The van der Waals surface area contributed by atoms with Crippen molar-refractivity contribution in [3.8, 4) is 11.1 Å². The lowest BCUT2D eigenvalue weighted by molar-refractivity contribution is 0.568. The molecular formula is C74H73BN2. The molecule has 0 saturated heterocycles. The van der Waals surface area contributed by atoms with E-state index in [1.165, 1.54) is 143 Å². The largest absolute Gasteiger partial charge is 0.311 e. The van der Waals surface area contributed by atoms with Crippen molar-refractivity contribution in [2.75, 3.05) is 9.80 Å². The van der Waals surface area contributed by atoms with Gasteiger partial charge in [0.2, 0.25) is 0 Å². The van der Waals surface area contributed by atoms with Gasteiger partial charge in [-0.1, -0.05) is 225 Å². The molecule has 2 aliphatic rings. The Morgan fingerprint density at radius 2 is 0.662 bits per heavy atom. The summed E-state index contributed by atoms with van der Waals surface area (Å²) in [5.41, 5.74) is 20.2. The van der Waals surface area contributed by atoms with Crippen molar-refractivity contribution >= 4 is 111 Å². The summed E-state index contributed by atoms with van der Waals surface area (Å²) in [6.07, 6.45) is 0. The Bertz CT molecular complexity index is 3980. The molecule has 0 aliphatic carbocycles. The van der Waals surface area contributed by atoms with Crippen molar-refractivity contribution in [2.45, 2.75) is 131 Å². The number of fused-ring (bicyclic) bond motifs is 6. The van der Waals surface area contributed by atoms with E-state index in [0.29, 0.717) is 0 Å². The van der Waals surface area contributed by atoms with Crippen LogP contribution in [0.5, 0.6) is 0 Å². The normalized spacial score (nSPS) is 14.1.